The number of aromatic nitrogens is 2. The maximum Gasteiger partial charge on any atom is 0.148 e. The summed E-state index contributed by atoms with van der Waals surface area (Å²) < 4.78 is 2.98. The van der Waals surface area contributed by atoms with Gasteiger partial charge in [-0.3, -0.25) is 4.68 Å². The third kappa shape index (κ3) is 2.44. The molecule has 0 bridgehead atoms. The molecule has 2 rings (SSSR count). The minimum atomic E-state index is 0.776. The van der Waals surface area contributed by atoms with Crippen molar-refractivity contribution in [2.45, 2.75) is 13.5 Å². The van der Waals surface area contributed by atoms with E-state index >= 15 is 0 Å². The zero-order valence-electron chi connectivity index (χ0n) is 9.37. The summed E-state index contributed by atoms with van der Waals surface area (Å²) in [6, 6.07) is 10.2. The summed E-state index contributed by atoms with van der Waals surface area (Å²) in [5.74, 6) is 0.913. The highest BCUT2D eigenvalue weighted by Gasteiger charge is 2.02. The molecule has 0 saturated carbocycles. The third-order valence-electron chi connectivity index (χ3n) is 2.53. The van der Waals surface area contributed by atoms with Crippen LogP contribution in [-0.2, 0) is 13.6 Å². The molecule has 0 amide bonds. The van der Waals surface area contributed by atoms with Gasteiger partial charge in [0.25, 0.3) is 0 Å². The van der Waals surface area contributed by atoms with Crippen molar-refractivity contribution >= 4 is 21.7 Å². The molecule has 1 aromatic carbocycles. The molecule has 0 unspecified atom stereocenters. The van der Waals surface area contributed by atoms with Crippen LogP contribution in [0.4, 0.5) is 5.82 Å². The standard InChI is InChI=1S/C12H14BrN3/c1-9-7-12(15-16(9)2)14-8-10-5-3-4-6-11(10)13/h3-7H,8H2,1-2H3,(H,14,15). The van der Waals surface area contributed by atoms with Gasteiger partial charge in [-0.1, -0.05) is 34.1 Å². The van der Waals surface area contributed by atoms with Crippen LogP contribution >= 0.6 is 15.9 Å². The number of benzene rings is 1. The fraction of sp³-hybridized carbons (Fsp3) is 0.250. The average Bonchev–Trinajstić information content (AvgIpc) is 2.57. The first-order valence-electron chi connectivity index (χ1n) is 5.15. The number of anilines is 1. The highest BCUT2D eigenvalue weighted by atomic mass is 79.9. The van der Waals surface area contributed by atoms with Crippen LogP contribution in [0.15, 0.2) is 34.8 Å². The Kier molecular flexibility index (Phi) is 3.29. The first-order chi connectivity index (χ1) is 7.66. The van der Waals surface area contributed by atoms with Gasteiger partial charge in [-0.15, -0.1) is 0 Å². The second-order valence-electron chi connectivity index (χ2n) is 3.74. The molecule has 0 radical (unpaired) electrons. The van der Waals surface area contributed by atoms with Crippen LogP contribution in [0.2, 0.25) is 0 Å². The molecule has 0 fully saturated rings. The van der Waals surface area contributed by atoms with E-state index in [-0.39, 0.29) is 0 Å². The largest absolute Gasteiger partial charge is 0.364 e. The van der Waals surface area contributed by atoms with Gasteiger partial charge in [-0.05, 0) is 18.6 Å². The van der Waals surface area contributed by atoms with Crippen LogP contribution in [0.1, 0.15) is 11.3 Å². The lowest BCUT2D eigenvalue weighted by atomic mass is 10.2. The van der Waals surface area contributed by atoms with Crippen LogP contribution in [0.3, 0.4) is 0 Å². The predicted octanol–water partition coefficient (Wildman–Crippen LogP) is 3.10. The summed E-state index contributed by atoms with van der Waals surface area (Å²) in [4.78, 5) is 0. The normalized spacial score (nSPS) is 10.4. The van der Waals surface area contributed by atoms with E-state index in [1.165, 1.54) is 5.56 Å². The van der Waals surface area contributed by atoms with Gasteiger partial charge in [0.05, 0.1) is 0 Å². The van der Waals surface area contributed by atoms with Crippen molar-refractivity contribution in [3.05, 3.63) is 46.1 Å². The predicted molar refractivity (Wildman–Crippen MR) is 69.4 cm³/mol. The first kappa shape index (κ1) is 11.2. The maximum atomic E-state index is 4.35. The monoisotopic (exact) mass is 279 g/mol. The highest BCUT2D eigenvalue weighted by molar-refractivity contribution is 9.10. The topological polar surface area (TPSA) is 29.9 Å². The van der Waals surface area contributed by atoms with E-state index in [1.54, 1.807) is 0 Å². The lowest BCUT2D eigenvalue weighted by Crippen LogP contribution is -2.01. The molecule has 1 N–H and O–H groups in total. The Bertz CT molecular complexity index is 471. The lowest BCUT2D eigenvalue weighted by Gasteiger charge is -2.04. The summed E-state index contributed by atoms with van der Waals surface area (Å²) >= 11 is 3.52. The van der Waals surface area contributed by atoms with Crippen molar-refractivity contribution in [2.75, 3.05) is 5.32 Å². The molecule has 0 spiro atoms. The molecule has 1 heterocycles. The highest BCUT2D eigenvalue weighted by Crippen LogP contribution is 2.17. The summed E-state index contributed by atoms with van der Waals surface area (Å²) in [5, 5.41) is 7.65. The quantitative estimate of drug-likeness (QED) is 0.936. The Morgan fingerprint density at radius 2 is 2.12 bits per heavy atom. The van der Waals surface area contributed by atoms with Crippen molar-refractivity contribution in [1.82, 2.24) is 9.78 Å². The van der Waals surface area contributed by atoms with Crippen LogP contribution in [0.25, 0.3) is 0 Å². The second kappa shape index (κ2) is 4.70. The van der Waals surface area contributed by atoms with E-state index in [2.05, 4.69) is 32.4 Å². The van der Waals surface area contributed by atoms with Crippen LogP contribution in [-0.4, -0.2) is 9.78 Å². The number of nitrogens with zero attached hydrogens (tertiary/aromatic N) is 2. The Hall–Kier alpha value is -1.29. The number of halogens is 1. The number of nitrogens with one attached hydrogen (secondary N) is 1. The van der Waals surface area contributed by atoms with E-state index in [0.717, 1.165) is 22.5 Å². The molecule has 1 aromatic heterocycles. The summed E-state index contributed by atoms with van der Waals surface area (Å²) in [6.07, 6.45) is 0. The Labute approximate surface area is 104 Å². The molecular formula is C12H14BrN3. The van der Waals surface area contributed by atoms with Gasteiger partial charge in [-0.25, -0.2) is 0 Å². The van der Waals surface area contributed by atoms with Crippen LogP contribution in [0, 0.1) is 6.92 Å². The SMILES string of the molecule is Cc1cc(NCc2ccccc2Br)nn1C. The molecule has 0 aliphatic carbocycles. The molecule has 0 atom stereocenters. The molecule has 2 aromatic rings. The Morgan fingerprint density at radius 3 is 2.75 bits per heavy atom. The van der Waals surface area contributed by atoms with Gasteiger partial charge < -0.3 is 5.32 Å². The van der Waals surface area contributed by atoms with Gasteiger partial charge in [0.2, 0.25) is 0 Å². The van der Waals surface area contributed by atoms with Gasteiger partial charge >= 0.3 is 0 Å². The number of hydrogen-bond acceptors (Lipinski definition) is 2. The number of rotatable bonds is 3. The molecule has 4 heteroatoms. The smallest absolute Gasteiger partial charge is 0.148 e. The van der Waals surface area contributed by atoms with Gasteiger partial charge in [-0.2, -0.15) is 5.10 Å². The minimum Gasteiger partial charge on any atom is -0.364 e. The zero-order valence-corrected chi connectivity index (χ0v) is 11.0. The van der Waals surface area contributed by atoms with Gasteiger partial charge in [0.1, 0.15) is 5.82 Å². The summed E-state index contributed by atoms with van der Waals surface area (Å²) in [5.41, 5.74) is 2.38. The van der Waals surface area contributed by atoms with Crippen molar-refractivity contribution in [3.8, 4) is 0 Å². The van der Waals surface area contributed by atoms with Crippen LogP contribution in [0.5, 0.6) is 0 Å². The maximum absolute atomic E-state index is 4.35. The van der Waals surface area contributed by atoms with Crippen LogP contribution < -0.4 is 5.32 Å². The summed E-state index contributed by atoms with van der Waals surface area (Å²) in [6.45, 7) is 2.81. The zero-order chi connectivity index (χ0) is 11.5. The second-order valence-corrected chi connectivity index (χ2v) is 4.59. The molecule has 0 saturated heterocycles. The fourth-order valence-electron chi connectivity index (χ4n) is 1.47. The first-order valence-corrected chi connectivity index (χ1v) is 5.94. The number of aryl methyl sites for hydroxylation is 2. The Morgan fingerprint density at radius 1 is 1.38 bits per heavy atom. The Balaban J connectivity index is 2.05. The average molecular weight is 280 g/mol. The lowest BCUT2D eigenvalue weighted by molar-refractivity contribution is 0.741. The van der Waals surface area contributed by atoms with Gasteiger partial charge in [0.15, 0.2) is 0 Å². The molecular weight excluding hydrogens is 266 g/mol. The van der Waals surface area contributed by atoms with E-state index in [9.17, 15) is 0 Å². The van der Waals surface area contributed by atoms with Crippen molar-refractivity contribution in [3.63, 3.8) is 0 Å². The molecule has 0 aliphatic rings. The van der Waals surface area contributed by atoms with Crippen molar-refractivity contribution in [2.24, 2.45) is 7.05 Å². The van der Waals surface area contributed by atoms with E-state index in [0.29, 0.717) is 0 Å². The molecule has 84 valence electrons. The summed E-state index contributed by atoms with van der Waals surface area (Å²) in [7, 11) is 1.94. The van der Waals surface area contributed by atoms with E-state index in [4.69, 9.17) is 0 Å². The molecule has 0 aliphatic heterocycles. The number of hydrogen-bond donors (Lipinski definition) is 1. The van der Waals surface area contributed by atoms with Crippen molar-refractivity contribution < 1.29 is 0 Å². The minimum absolute atomic E-state index is 0.776. The molecule has 3 nitrogen and oxygen atoms in total. The third-order valence-corrected chi connectivity index (χ3v) is 3.31. The van der Waals surface area contributed by atoms with Crippen molar-refractivity contribution in [1.29, 1.82) is 0 Å². The molecule has 16 heavy (non-hydrogen) atoms. The fourth-order valence-corrected chi connectivity index (χ4v) is 1.90. The van der Waals surface area contributed by atoms with E-state index in [1.807, 2.05) is 42.9 Å². The van der Waals surface area contributed by atoms with Gasteiger partial charge in [0, 0.05) is 29.8 Å². The van der Waals surface area contributed by atoms with E-state index < -0.39 is 0 Å².